The van der Waals surface area contributed by atoms with Crippen LogP contribution in [0.4, 0.5) is 8.78 Å². The summed E-state index contributed by atoms with van der Waals surface area (Å²) in [7, 11) is 0. The van der Waals surface area contributed by atoms with Crippen molar-refractivity contribution in [2.45, 2.75) is 32.1 Å². The van der Waals surface area contributed by atoms with Gasteiger partial charge in [0, 0.05) is 19.6 Å². The van der Waals surface area contributed by atoms with Gasteiger partial charge in [0.1, 0.15) is 5.82 Å². The van der Waals surface area contributed by atoms with Crippen LogP contribution in [-0.2, 0) is 12.8 Å². The Labute approximate surface area is 211 Å². The highest BCUT2D eigenvalue weighted by Crippen LogP contribution is 2.40. The number of likely N-dealkylation sites (tertiary alicyclic amines) is 1. The van der Waals surface area contributed by atoms with Gasteiger partial charge in [0.2, 0.25) is 0 Å². The number of benzene rings is 3. The van der Waals surface area contributed by atoms with Gasteiger partial charge < -0.3 is 10.0 Å². The van der Waals surface area contributed by atoms with Crippen molar-refractivity contribution in [3.8, 4) is 0 Å². The van der Waals surface area contributed by atoms with Gasteiger partial charge in [-0.05, 0) is 101 Å². The topological polar surface area (TPSA) is 40.5 Å². The molecule has 1 fully saturated rings. The average molecular weight is 488 g/mol. The van der Waals surface area contributed by atoms with Gasteiger partial charge in [0.25, 0.3) is 0 Å². The van der Waals surface area contributed by atoms with Crippen LogP contribution in [0.3, 0.4) is 0 Å². The molecule has 0 radical (unpaired) electrons. The quantitative estimate of drug-likeness (QED) is 0.387. The lowest BCUT2D eigenvalue weighted by atomic mass is 9.86. The first-order valence-electron chi connectivity index (χ1n) is 12.7. The van der Waals surface area contributed by atoms with E-state index in [9.17, 15) is 18.7 Å². The fourth-order valence-electron chi connectivity index (χ4n) is 5.63. The average Bonchev–Trinajstić information content (AvgIpc) is 3.05. The zero-order valence-electron chi connectivity index (χ0n) is 20.4. The lowest BCUT2D eigenvalue weighted by Gasteiger charge is -2.39. The first-order valence-corrected chi connectivity index (χ1v) is 12.7. The molecule has 0 aromatic heterocycles. The summed E-state index contributed by atoms with van der Waals surface area (Å²) >= 11 is 0. The number of allylic oxidation sites excluding steroid dienone is 1. The van der Waals surface area contributed by atoms with Gasteiger partial charge in [-0.25, -0.2) is 9.18 Å². The van der Waals surface area contributed by atoms with Crippen LogP contribution in [0.2, 0.25) is 0 Å². The van der Waals surface area contributed by atoms with E-state index in [-0.39, 0.29) is 12.5 Å². The Morgan fingerprint density at radius 3 is 2.50 bits per heavy atom. The predicted molar refractivity (Wildman–Crippen MR) is 139 cm³/mol. The monoisotopic (exact) mass is 487 g/mol. The van der Waals surface area contributed by atoms with Crippen LogP contribution in [0.25, 0.3) is 11.1 Å². The van der Waals surface area contributed by atoms with E-state index in [1.165, 1.54) is 11.6 Å². The summed E-state index contributed by atoms with van der Waals surface area (Å²) in [6, 6.07) is 20.7. The number of fused-ring (bicyclic) bond motifs is 1. The number of hydrogen-bond donors (Lipinski definition) is 1. The van der Waals surface area contributed by atoms with Gasteiger partial charge in [0.15, 0.2) is 0 Å². The molecule has 2 aliphatic rings. The zero-order chi connectivity index (χ0) is 25.1. The molecular weight excluding hydrogens is 456 g/mol. The Morgan fingerprint density at radius 2 is 1.78 bits per heavy atom. The molecule has 0 atom stereocenters. The Hall–Kier alpha value is -3.31. The molecule has 0 spiro atoms. The van der Waals surface area contributed by atoms with Crippen molar-refractivity contribution >= 4 is 17.1 Å². The van der Waals surface area contributed by atoms with E-state index in [0.29, 0.717) is 17.9 Å². The Morgan fingerprint density at radius 1 is 0.972 bits per heavy atom. The minimum absolute atomic E-state index is 0.253. The smallest absolute Gasteiger partial charge is 0.335 e. The number of carboxylic acid groups (broad SMARTS) is 1. The van der Waals surface area contributed by atoms with E-state index in [0.717, 1.165) is 78.7 Å². The van der Waals surface area contributed by atoms with E-state index in [1.54, 1.807) is 24.3 Å². The minimum atomic E-state index is -0.929. The molecule has 5 heteroatoms. The van der Waals surface area contributed by atoms with Crippen molar-refractivity contribution in [2.75, 3.05) is 26.3 Å². The number of hydrogen-bond acceptors (Lipinski definition) is 2. The first-order chi connectivity index (χ1) is 17.5. The molecule has 1 saturated heterocycles. The van der Waals surface area contributed by atoms with Gasteiger partial charge in [-0.1, -0.05) is 42.5 Å². The SMILES string of the molecule is O=C(O)c1ccc2c(c1)CCCC(c1cccc(F)c1)=C2c1ccc(CC2CN(CCCF)C2)cc1. The van der Waals surface area contributed by atoms with E-state index < -0.39 is 5.97 Å². The van der Waals surface area contributed by atoms with Crippen molar-refractivity contribution in [2.24, 2.45) is 5.92 Å². The molecule has 186 valence electrons. The molecule has 3 nitrogen and oxygen atoms in total. The number of rotatable bonds is 8. The second kappa shape index (κ2) is 10.8. The highest BCUT2D eigenvalue weighted by molar-refractivity contribution is 6.00. The fraction of sp³-hybridized carbons (Fsp3) is 0.323. The molecule has 0 saturated carbocycles. The van der Waals surface area contributed by atoms with Crippen LogP contribution in [0.15, 0.2) is 66.7 Å². The number of aryl methyl sites for hydroxylation is 1. The highest BCUT2D eigenvalue weighted by atomic mass is 19.1. The second-order valence-electron chi connectivity index (χ2n) is 9.96. The Kier molecular flexibility index (Phi) is 7.28. The van der Waals surface area contributed by atoms with Crippen LogP contribution < -0.4 is 0 Å². The molecule has 1 aliphatic heterocycles. The van der Waals surface area contributed by atoms with Gasteiger partial charge in [0.05, 0.1) is 12.2 Å². The number of alkyl halides is 1. The third kappa shape index (κ3) is 5.26. The summed E-state index contributed by atoms with van der Waals surface area (Å²) in [5.74, 6) is -0.589. The van der Waals surface area contributed by atoms with E-state index >= 15 is 0 Å². The standard InChI is InChI=1S/C31H31F2NO2/c32-14-3-15-34-19-22(20-34)16-21-8-10-23(11-9-21)30-28(25-4-1-6-27(33)18-25)7-2-5-24-17-26(31(35)36)12-13-29(24)30/h1,4,6,8-13,17-18,22H,2-3,5,7,14-16,19-20H2,(H,35,36). The maximum Gasteiger partial charge on any atom is 0.335 e. The molecule has 0 bridgehead atoms. The van der Waals surface area contributed by atoms with Crippen molar-refractivity contribution < 1.29 is 18.7 Å². The van der Waals surface area contributed by atoms with Gasteiger partial charge in [-0.3, -0.25) is 4.39 Å². The summed E-state index contributed by atoms with van der Waals surface area (Å²) < 4.78 is 26.6. The van der Waals surface area contributed by atoms with Gasteiger partial charge in [-0.15, -0.1) is 0 Å². The number of carboxylic acids is 1. The lowest BCUT2D eigenvalue weighted by Crippen LogP contribution is -2.47. The van der Waals surface area contributed by atoms with E-state index in [1.807, 2.05) is 12.1 Å². The van der Waals surface area contributed by atoms with Crippen molar-refractivity contribution in [1.82, 2.24) is 4.90 Å². The minimum Gasteiger partial charge on any atom is -0.478 e. The van der Waals surface area contributed by atoms with Crippen molar-refractivity contribution in [3.05, 3.63) is 106 Å². The number of nitrogens with zero attached hydrogens (tertiary/aromatic N) is 1. The van der Waals surface area contributed by atoms with E-state index in [2.05, 4.69) is 29.2 Å². The van der Waals surface area contributed by atoms with Gasteiger partial charge in [-0.2, -0.15) is 0 Å². The Bertz CT molecular complexity index is 1280. The van der Waals surface area contributed by atoms with Crippen LogP contribution in [0, 0.1) is 11.7 Å². The first kappa shape index (κ1) is 24.4. The molecule has 0 amide bonds. The third-order valence-corrected chi connectivity index (χ3v) is 7.38. The zero-order valence-corrected chi connectivity index (χ0v) is 20.4. The largest absolute Gasteiger partial charge is 0.478 e. The third-order valence-electron chi connectivity index (χ3n) is 7.38. The Balaban J connectivity index is 1.48. The molecule has 1 N–H and O–H groups in total. The molecular formula is C31H31F2NO2. The molecule has 5 rings (SSSR count). The summed E-state index contributed by atoms with van der Waals surface area (Å²) in [4.78, 5) is 13.9. The van der Waals surface area contributed by atoms with Crippen LogP contribution in [0.5, 0.6) is 0 Å². The van der Waals surface area contributed by atoms with E-state index in [4.69, 9.17) is 0 Å². The lowest BCUT2D eigenvalue weighted by molar-refractivity contribution is 0.0696. The van der Waals surface area contributed by atoms with Gasteiger partial charge >= 0.3 is 5.97 Å². The molecule has 1 aliphatic carbocycles. The maximum atomic E-state index is 14.2. The summed E-state index contributed by atoms with van der Waals surface area (Å²) in [6.07, 6.45) is 4.04. The number of halogens is 2. The fourth-order valence-corrected chi connectivity index (χ4v) is 5.63. The number of carbonyl (C=O) groups is 1. The summed E-state index contributed by atoms with van der Waals surface area (Å²) in [5.41, 5.74) is 7.67. The molecule has 36 heavy (non-hydrogen) atoms. The molecule has 0 unspecified atom stereocenters. The predicted octanol–water partition coefficient (Wildman–Crippen LogP) is 6.65. The molecule has 3 aromatic carbocycles. The normalized spacial score (nSPS) is 16.4. The number of aromatic carboxylic acids is 1. The van der Waals surface area contributed by atoms with Crippen LogP contribution in [-0.4, -0.2) is 42.3 Å². The maximum absolute atomic E-state index is 14.2. The summed E-state index contributed by atoms with van der Waals surface area (Å²) in [5, 5.41) is 9.51. The molecule has 1 heterocycles. The van der Waals surface area contributed by atoms with Crippen LogP contribution in [0.1, 0.15) is 57.4 Å². The molecule has 3 aromatic rings. The van der Waals surface area contributed by atoms with Crippen molar-refractivity contribution in [1.29, 1.82) is 0 Å². The van der Waals surface area contributed by atoms with Crippen molar-refractivity contribution in [3.63, 3.8) is 0 Å². The van der Waals surface area contributed by atoms with Crippen LogP contribution >= 0.6 is 0 Å². The highest BCUT2D eigenvalue weighted by Gasteiger charge is 2.26. The summed E-state index contributed by atoms with van der Waals surface area (Å²) in [6.45, 7) is 2.63. The second-order valence-corrected chi connectivity index (χ2v) is 9.96.